The Morgan fingerprint density at radius 1 is 1.47 bits per heavy atom. The zero-order chi connectivity index (χ0) is 13.9. The number of hydrogen-bond acceptors (Lipinski definition) is 5. The van der Waals surface area contributed by atoms with Crippen molar-refractivity contribution in [3.05, 3.63) is 41.2 Å². The molecule has 0 saturated carbocycles. The third-order valence-corrected chi connectivity index (χ3v) is 6.06. The third-order valence-electron chi connectivity index (χ3n) is 2.67. The molecule has 2 heterocycles. The van der Waals surface area contributed by atoms with Gasteiger partial charge in [0, 0.05) is 6.54 Å². The third kappa shape index (κ3) is 3.06. The van der Waals surface area contributed by atoms with Crippen LogP contribution >= 0.6 is 11.3 Å². The summed E-state index contributed by atoms with van der Waals surface area (Å²) < 4.78 is 31.6. The molecule has 0 atom stereocenters. The summed E-state index contributed by atoms with van der Waals surface area (Å²) >= 11 is 1.12. The minimum Gasteiger partial charge on any atom is -0.468 e. The average Bonchev–Trinajstić information content (AvgIpc) is 3.06. The maximum atomic E-state index is 12.4. The lowest BCUT2D eigenvalue weighted by atomic mass is 10.4. The van der Waals surface area contributed by atoms with E-state index in [0.717, 1.165) is 11.3 Å². The Kier molecular flexibility index (Phi) is 4.41. The van der Waals surface area contributed by atoms with Gasteiger partial charge in [0.25, 0.3) is 10.0 Å². The molecule has 2 aromatic heterocycles. The first-order valence-corrected chi connectivity index (χ1v) is 8.10. The SMILES string of the molecule is CCN(Cc1ccco1)S(=O)(=O)c1cc(CO)cs1. The molecule has 2 rings (SSSR count). The molecule has 2 aromatic rings. The summed E-state index contributed by atoms with van der Waals surface area (Å²) in [4.78, 5) is 0. The number of rotatable bonds is 6. The van der Waals surface area contributed by atoms with Crippen molar-refractivity contribution in [3.63, 3.8) is 0 Å². The molecule has 0 fully saturated rings. The van der Waals surface area contributed by atoms with E-state index in [4.69, 9.17) is 9.52 Å². The van der Waals surface area contributed by atoms with Gasteiger partial charge in [-0.05, 0) is 29.1 Å². The highest BCUT2D eigenvalue weighted by Crippen LogP contribution is 2.25. The van der Waals surface area contributed by atoms with E-state index in [1.165, 1.54) is 16.6 Å². The van der Waals surface area contributed by atoms with Crippen LogP contribution in [0.15, 0.2) is 38.5 Å². The minimum atomic E-state index is -3.54. The first-order valence-electron chi connectivity index (χ1n) is 5.78. The van der Waals surface area contributed by atoms with Crippen LogP contribution in [0.3, 0.4) is 0 Å². The fraction of sp³-hybridized carbons (Fsp3) is 0.333. The molecule has 0 spiro atoms. The van der Waals surface area contributed by atoms with E-state index < -0.39 is 10.0 Å². The van der Waals surface area contributed by atoms with Crippen molar-refractivity contribution >= 4 is 21.4 Å². The van der Waals surface area contributed by atoms with Gasteiger partial charge in [0.1, 0.15) is 9.97 Å². The Hall–Kier alpha value is -1.15. The molecular formula is C12H15NO4S2. The van der Waals surface area contributed by atoms with Gasteiger partial charge in [0.2, 0.25) is 0 Å². The Morgan fingerprint density at radius 3 is 2.79 bits per heavy atom. The van der Waals surface area contributed by atoms with Crippen LogP contribution in [-0.2, 0) is 23.2 Å². The van der Waals surface area contributed by atoms with Gasteiger partial charge >= 0.3 is 0 Å². The normalized spacial score (nSPS) is 12.2. The number of sulfonamides is 1. The van der Waals surface area contributed by atoms with Gasteiger partial charge in [-0.3, -0.25) is 0 Å². The number of hydrogen-bond donors (Lipinski definition) is 1. The van der Waals surface area contributed by atoms with Gasteiger partial charge < -0.3 is 9.52 Å². The maximum absolute atomic E-state index is 12.4. The monoisotopic (exact) mass is 301 g/mol. The molecule has 5 nitrogen and oxygen atoms in total. The van der Waals surface area contributed by atoms with Crippen LogP contribution in [0.2, 0.25) is 0 Å². The van der Waals surface area contributed by atoms with Crippen LogP contribution in [0.25, 0.3) is 0 Å². The highest BCUT2D eigenvalue weighted by Gasteiger charge is 2.25. The van der Waals surface area contributed by atoms with Gasteiger partial charge in [-0.15, -0.1) is 11.3 Å². The largest absolute Gasteiger partial charge is 0.468 e. The van der Waals surface area contributed by atoms with Gasteiger partial charge in [-0.25, -0.2) is 8.42 Å². The number of aliphatic hydroxyl groups is 1. The van der Waals surface area contributed by atoms with E-state index >= 15 is 0 Å². The van der Waals surface area contributed by atoms with Crippen LogP contribution in [-0.4, -0.2) is 24.4 Å². The van der Waals surface area contributed by atoms with Crippen molar-refractivity contribution in [2.24, 2.45) is 0 Å². The second-order valence-corrected chi connectivity index (χ2v) is 7.02. The summed E-state index contributed by atoms with van der Waals surface area (Å²) in [5, 5.41) is 10.6. The predicted molar refractivity (Wildman–Crippen MR) is 72.2 cm³/mol. The highest BCUT2D eigenvalue weighted by atomic mass is 32.2. The van der Waals surface area contributed by atoms with Crippen LogP contribution in [0.4, 0.5) is 0 Å². The highest BCUT2D eigenvalue weighted by molar-refractivity contribution is 7.91. The molecule has 1 N–H and O–H groups in total. The van der Waals surface area contributed by atoms with Gasteiger partial charge in [-0.2, -0.15) is 4.31 Å². The van der Waals surface area contributed by atoms with E-state index in [1.807, 2.05) is 0 Å². The molecule has 0 radical (unpaired) electrons. The molecule has 104 valence electrons. The molecule has 7 heteroatoms. The minimum absolute atomic E-state index is 0.156. The second kappa shape index (κ2) is 5.87. The fourth-order valence-electron chi connectivity index (χ4n) is 1.64. The molecule has 0 unspecified atom stereocenters. The Morgan fingerprint density at radius 2 is 2.26 bits per heavy atom. The van der Waals surface area contributed by atoms with Gasteiger partial charge in [-0.1, -0.05) is 6.92 Å². The number of furan rings is 1. The molecular weight excluding hydrogens is 286 g/mol. The van der Waals surface area contributed by atoms with Crippen molar-refractivity contribution < 1.29 is 17.9 Å². The van der Waals surface area contributed by atoms with E-state index in [9.17, 15) is 8.42 Å². The lowest BCUT2D eigenvalue weighted by Gasteiger charge is -2.18. The summed E-state index contributed by atoms with van der Waals surface area (Å²) in [5.41, 5.74) is 0.609. The molecule has 19 heavy (non-hydrogen) atoms. The first-order chi connectivity index (χ1) is 9.07. The topological polar surface area (TPSA) is 70.8 Å². The predicted octanol–water partition coefficient (Wildman–Crippen LogP) is 2.04. The van der Waals surface area contributed by atoms with E-state index in [1.54, 1.807) is 24.4 Å². The summed E-state index contributed by atoms with van der Waals surface area (Å²) in [6.45, 7) is 2.19. The number of aliphatic hydroxyl groups excluding tert-OH is 1. The molecule has 0 aliphatic heterocycles. The molecule has 0 aliphatic carbocycles. The summed E-state index contributed by atoms with van der Waals surface area (Å²) in [5.74, 6) is 0.601. The zero-order valence-electron chi connectivity index (χ0n) is 10.4. The molecule has 0 saturated heterocycles. The van der Waals surface area contributed by atoms with Gasteiger partial charge in [0.05, 0.1) is 19.4 Å². The van der Waals surface area contributed by atoms with E-state index in [0.29, 0.717) is 17.9 Å². The Bertz CT molecular complexity index is 616. The average molecular weight is 301 g/mol. The van der Waals surface area contributed by atoms with Gasteiger partial charge in [0.15, 0.2) is 0 Å². The van der Waals surface area contributed by atoms with Crippen LogP contribution < -0.4 is 0 Å². The van der Waals surface area contributed by atoms with Crippen LogP contribution in [0, 0.1) is 0 Å². The molecule has 0 amide bonds. The Balaban J connectivity index is 2.25. The summed E-state index contributed by atoms with van der Waals surface area (Å²) in [7, 11) is -3.54. The summed E-state index contributed by atoms with van der Waals surface area (Å²) in [6, 6.07) is 4.97. The summed E-state index contributed by atoms with van der Waals surface area (Å²) in [6.07, 6.45) is 1.52. The fourth-order valence-corrected chi connectivity index (χ4v) is 4.41. The zero-order valence-corrected chi connectivity index (χ0v) is 12.1. The van der Waals surface area contributed by atoms with Crippen molar-refractivity contribution in [2.75, 3.05) is 6.54 Å². The smallest absolute Gasteiger partial charge is 0.252 e. The van der Waals surface area contributed by atoms with Crippen LogP contribution in [0.5, 0.6) is 0 Å². The maximum Gasteiger partial charge on any atom is 0.252 e. The second-order valence-electron chi connectivity index (χ2n) is 3.94. The van der Waals surface area contributed by atoms with Crippen molar-refractivity contribution in [1.29, 1.82) is 0 Å². The Labute approximate surface area is 116 Å². The lowest BCUT2D eigenvalue weighted by Crippen LogP contribution is -2.29. The lowest BCUT2D eigenvalue weighted by molar-refractivity contribution is 0.282. The molecule has 0 bridgehead atoms. The first kappa shape index (κ1) is 14.3. The van der Waals surface area contributed by atoms with Crippen molar-refractivity contribution in [1.82, 2.24) is 4.31 Å². The van der Waals surface area contributed by atoms with Crippen molar-refractivity contribution in [3.8, 4) is 0 Å². The molecule has 0 aromatic carbocycles. The van der Waals surface area contributed by atoms with E-state index in [-0.39, 0.29) is 17.4 Å². The number of nitrogens with zero attached hydrogens (tertiary/aromatic N) is 1. The quantitative estimate of drug-likeness (QED) is 0.886. The standard InChI is InChI=1S/C12H15NO4S2/c1-2-13(7-11-4-3-5-17-11)19(15,16)12-6-10(8-14)9-18-12/h3-6,9,14H,2,7-8H2,1H3. The van der Waals surface area contributed by atoms with Crippen molar-refractivity contribution in [2.45, 2.75) is 24.3 Å². The molecule has 0 aliphatic rings. The number of thiophene rings is 1. The van der Waals surface area contributed by atoms with E-state index in [2.05, 4.69) is 0 Å². The van der Waals surface area contributed by atoms with Crippen LogP contribution in [0.1, 0.15) is 18.2 Å².